The molecule has 0 bridgehead atoms. The van der Waals surface area contributed by atoms with Crippen molar-refractivity contribution in [1.82, 2.24) is 4.90 Å². The van der Waals surface area contributed by atoms with Crippen LogP contribution in [0.15, 0.2) is 60.0 Å². The summed E-state index contributed by atoms with van der Waals surface area (Å²) in [6, 6.07) is 15.7. The first kappa shape index (κ1) is 24.5. The van der Waals surface area contributed by atoms with Gasteiger partial charge in [0.05, 0.1) is 4.88 Å². The van der Waals surface area contributed by atoms with Gasteiger partial charge in [0, 0.05) is 45.0 Å². The molecule has 1 N–H and O–H groups in total. The van der Waals surface area contributed by atoms with E-state index in [4.69, 9.17) is 0 Å². The van der Waals surface area contributed by atoms with E-state index in [-0.39, 0.29) is 30.1 Å². The lowest BCUT2D eigenvalue weighted by atomic mass is 10.1. The predicted molar refractivity (Wildman–Crippen MR) is 133 cm³/mol. The van der Waals surface area contributed by atoms with Crippen molar-refractivity contribution >= 4 is 34.5 Å². The number of thiophene rings is 1. The number of hydrogen-bond donors (Lipinski definition) is 1. The maximum atomic E-state index is 13.8. The molecule has 7 heteroatoms. The fraction of sp³-hybridized carbons (Fsp3) is 0.308. The molecule has 0 aliphatic heterocycles. The molecule has 1 aromatic heterocycles. The van der Waals surface area contributed by atoms with E-state index in [0.717, 1.165) is 11.3 Å². The lowest BCUT2D eigenvalue weighted by Crippen LogP contribution is -2.30. The van der Waals surface area contributed by atoms with Crippen molar-refractivity contribution in [3.8, 4) is 0 Å². The number of nitrogens with one attached hydrogen (secondary N) is 1. The van der Waals surface area contributed by atoms with Gasteiger partial charge in [-0.15, -0.1) is 11.3 Å². The summed E-state index contributed by atoms with van der Waals surface area (Å²) in [4.78, 5) is 29.9. The molecule has 1 heterocycles. The van der Waals surface area contributed by atoms with Gasteiger partial charge in [0.15, 0.2) is 0 Å². The zero-order chi connectivity index (χ0) is 24.0. The number of halogens is 1. The summed E-state index contributed by atoms with van der Waals surface area (Å²) in [5, 5.41) is 4.82. The largest absolute Gasteiger partial charge is 0.377 e. The highest BCUT2D eigenvalue weighted by molar-refractivity contribution is 7.12. The van der Waals surface area contributed by atoms with Crippen LogP contribution in [0.4, 0.5) is 15.8 Å². The molecule has 0 fully saturated rings. The van der Waals surface area contributed by atoms with Crippen molar-refractivity contribution in [2.45, 2.75) is 33.4 Å². The van der Waals surface area contributed by atoms with Crippen molar-refractivity contribution in [3.63, 3.8) is 0 Å². The summed E-state index contributed by atoms with van der Waals surface area (Å²) in [6.45, 7) is 4.58. The van der Waals surface area contributed by atoms with E-state index in [9.17, 15) is 14.0 Å². The Bertz CT molecular complexity index is 1100. The van der Waals surface area contributed by atoms with Gasteiger partial charge >= 0.3 is 0 Å². The molecule has 0 radical (unpaired) electrons. The van der Waals surface area contributed by atoms with E-state index < -0.39 is 0 Å². The Balaban J connectivity index is 1.93. The van der Waals surface area contributed by atoms with Crippen LogP contribution < -0.4 is 10.2 Å². The average Bonchev–Trinajstić information content (AvgIpc) is 3.27. The topological polar surface area (TPSA) is 52.7 Å². The number of carbonyl (C=O) groups is 2. The third-order valence-electron chi connectivity index (χ3n) is 5.08. The minimum Gasteiger partial charge on any atom is -0.377 e. The van der Waals surface area contributed by atoms with Crippen LogP contribution in [0.25, 0.3) is 0 Å². The highest BCUT2D eigenvalue weighted by atomic mass is 32.1. The van der Waals surface area contributed by atoms with E-state index in [1.165, 1.54) is 23.5 Å². The molecular weight excluding hydrogens is 437 g/mol. The molecule has 0 atom stereocenters. The first-order chi connectivity index (χ1) is 15.7. The molecule has 5 nitrogen and oxygen atoms in total. The maximum absolute atomic E-state index is 13.8. The van der Waals surface area contributed by atoms with Crippen LogP contribution in [0.1, 0.15) is 41.1 Å². The zero-order valence-corrected chi connectivity index (χ0v) is 20.3. The molecule has 0 aliphatic carbocycles. The minimum atomic E-state index is -0.333. The number of benzene rings is 2. The Morgan fingerprint density at radius 1 is 1.03 bits per heavy atom. The minimum absolute atomic E-state index is 0.0418. The third kappa shape index (κ3) is 6.89. The Morgan fingerprint density at radius 3 is 2.45 bits per heavy atom. The van der Waals surface area contributed by atoms with Gasteiger partial charge < -0.3 is 15.1 Å². The first-order valence-electron chi connectivity index (χ1n) is 10.9. The SMILES string of the molecule is CC(C)CC(=O)Nc1ccc(N(C)C)c(CN(Cc2cccc(F)c2)C(=O)c2cccs2)c1. The number of hydrogen-bond acceptors (Lipinski definition) is 4. The number of amides is 2. The smallest absolute Gasteiger partial charge is 0.264 e. The highest BCUT2D eigenvalue weighted by Gasteiger charge is 2.20. The Morgan fingerprint density at radius 2 is 1.82 bits per heavy atom. The normalized spacial score (nSPS) is 10.8. The van der Waals surface area contributed by atoms with Crippen LogP contribution in [0.3, 0.4) is 0 Å². The summed E-state index contributed by atoms with van der Waals surface area (Å²) in [7, 11) is 3.88. The van der Waals surface area contributed by atoms with Gasteiger partial charge in [-0.05, 0) is 58.8 Å². The number of carbonyl (C=O) groups excluding carboxylic acids is 2. The standard InChI is InChI=1S/C26H30FN3O2S/c1-18(2)13-25(31)28-22-10-11-23(29(3)4)20(15-22)17-30(26(32)24-9-6-12-33-24)16-19-7-5-8-21(27)14-19/h5-12,14-15,18H,13,16-17H2,1-4H3,(H,28,31). The summed E-state index contributed by atoms with van der Waals surface area (Å²) in [5.74, 6) is -0.233. The van der Waals surface area contributed by atoms with E-state index in [1.54, 1.807) is 17.0 Å². The average molecular weight is 468 g/mol. The molecule has 0 saturated heterocycles. The van der Waals surface area contributed by atoms with Gasteiger partial charge in [-0.3, -0.25) is 9.59 Å². The molecule has 0 aliphatic rings. The van der Waals surface area contributed by atoms with Gasteiger partial charge in [0.1, 0.15) is 5.82 Å². The van der Waals surface area contributed by atoms with Crippen molar-refractivity contribution in [1.29, 1.82) is 0 Å². The number of nitrogens with zero attached hydrogens (tertiary/aromatic N) is 2. The van der Waals surface area contributed by atoms with Crippen LogP contribution in [-0.2, 0) is 17.9 Å². The van der Waals surface area contributed by atoms with Crippen LogP contribution in [0.5, 0.6) is 0 Å². The lowest BCUT2D eigenvalue weighted by Gasteiger charge is -2.26. The van der Waals surface area contributed by atoms with Crippen LogP contribution >= 0.6 is 11.3 Å². The molecule has 33 heavy (non-hydrogen) atoms. The molecule has 0 saturated carbocycles. The Kier molecular flexibility index (Phi) is 8.22. The van der Waals surface area contributed by atoms with Crippen molar-refractivity contribution in [3.05, 3.63) is 81.8 Å². The van der Waals surface area contributed by atoms with E-state index >= 15 is 0 Å². The fourth-order valence-corrected chi connectivity index (χ4v) is 4.32. The van der Waals surface area contributed by atoms with E-state index in [0.29, 0.717) is 29.1 Å². The number of rotatable bonds is 9. The first-order valence-corrected chi connectivity index (χ1v) is 11.8. The van der Waals surface area contributed by atoms with Crippen molar-refractivity contribution in [2.75, 3.05) is 24.3 Å². The zero-order valence-electron chi connectivity index (χ0n) is 19.5. The molecule has 3 aromatic rings. The summed E-state index contributed by atoms with van der Waals surface area (Å²) >= 11 is 1.38. The highest BCUT2D eigenvalue weighted by Crippen LogP contribution is 2.27. The van der Waals surface area contributed by atoms with Gasteiger partial charge in [0.2, 0.25) is 5.91 Å². The summed E-state index contributed by atoms with van der Waals surface area (Å²) in [6.07, 6.45) is 0.438. The molecule has 174 valence electrons. The quantitative estimate of drug-likeness (QED) is 0.434. The monoisotopic (exact) mass is 467 g/mol. The fourth-order valence-electron chi connectivity index (χ4n) is 3.63. The summed E-state index contributed by atoms with van der Waals surface area (Å²) < 4.78 is 13.8. The second kappa shape index (κ2) is 11.1. The molecule has 2 amide bonds. The Labute approximate surface area is 198 Å². The molecule has 3 rings (SSSR count). The second-order valence-corrected chi connectivity index (χ2v) is 9.60. The molecule has 0 unspecified atom stereocenters. The van der Waals surface area contributed by atoms with Gasteiger partial charge in [-0.25, -0.2) is 4.39 Å². The van der Waals surface area contributed by atoms with Crippen LogP contribution in [0, 0.1) is 11.7 Å². The molecule has 2 aromatic carbocycles. The van der Waals surface area contributed by atoms with Crippen LogP contribution in [0.2, 0.25) is 0 Å². The second-order valence-electron chi connectivity index (χ2n) is 8.65. The van der Waals surface area contributed by atoms with Gasteiger partial charge in [0.25, 0.3) is 5.91 Å². The molecule has 0 spiro atoms. The summed E-state index contributed by atoms with van der Waals surface area (Å²) in [5.41, 5.74) is 3.24. The third-order valence-corrected chi connectivity index (χ3v) is 5.94. The number of anilines is 2. The Hall–Kier alpha value is -3.19. The van der Waals surface area contributed by atoms with Crippen LogP contribution in [-0.4, -0.2) is 30.8 Å². The lowest BCUT2D eigenvalue weighted by molar-refractivity contribution is -0.116. The van der Waals surface area contributed by atoms with Crippen molar-refractivity contribution < 1.29 is 14.0 Å². The van der Waals surface area contributed by atoms with Gasteiger partial charge in [-0.2, -0.15) is 0 Å². The van der Waals surface area contributed by atoms with E-state index in [1.807, 2.05) is 68.6 Å². The maximum Gasteiger partial charge on any atom is 0.264 e. The molecular formula is C26H30FN3O2S. The predicted octanol–water partition coefficient (Wildman–Crippen LogP) is 5.78. The van der Waals surface area contributed by atoms with Crippen molar-refractivity contribution in [2.24, 2.45) is 5.92 Å². The van der Waals surface area contributed by atoms with E-state index in [2.05, 4.69) is 5.32 Å². The van der Waals surface area contributed by atoms with Gasteiger partial charge in [-0.1, -0.05) is 32.0 Å².